The van der Waals surface area contributed by atoms with Gasteiger partial charge < -0.3 is 15.4 Å². The van der Waals surface area contributed by atoms with E-state index in [0.29, 0.717) is 22.3 Å². The monoisotopic (exact) mass is 396 g/mol. The number of hydrogen-bond acceptors (Lipinski definition) is 5. The molecule has 0 spiro atoms. The lowest BCUT2D eigenvalue weighted by molar-refractivity contribution is 0.102. The van der Waals surface area contributed by atoms with Crippen molar-refractivity contribution in [2.24, 2.45) is 0 Å². The Labute approximate surface area is 166 Å². The van der Waals surface area contributed by atoms with Crippen molar-refractivity contribution in [3.05, 3.63) is 64.7 Å². The Kier molecular flexibility index (Phi) is 5.90. The van der Waals surface area contributed by atoms with Crippen LogP contribution in [0.5, 0.6) is 5.75 Å². The Morgan fingerprint density at radius 3 is 2.54 bits per heavy atom. The molecule has 0 saturated carbocycles. The van der Waals surface area contributed by atoms with E-state index < -0.39 is 6.03 Å². The van der Waals surface area contributed by atoms with Crippen LogP contribution >= 0.6 is 11.3 Å². The van der Waals surface area contributed by atoms with Gasteiger partial charge in [-0.3, -0.25) is 10.1 Å². The molecule has 0 aliphatic carbocycles. The molecule has 3 rings (SSSR count). The van der Waals surface area contributed by atoms with E-state index in [9.17, 15) is 9.59 Å². The fraction of sp³-hybridized carbons (Fsp3) is 0.150. The number of ether oxygens (including phenoxy) is 1. The molecule has 7 nitrogen and oxygen atoms in total. The van der Waals surface area contributed by atoms with Gasteiger partial charge in [-0.15, -0.1) is 11.3 Å². The van der Waals surface area contributed by atoms with E-state index in [4.69, 9.17) is 4.74 Å². The predicted molar refractivity (Wildman–Crippen MR) is 112 cm³/mol. The van der Waals surface area contributed by atoms with Crippen LogP contribution in [-0.2, 0) is 0 Å². The molecule has 0 atom stereocenters. The summed E-state index contributed by atoms with van der Waals surface area (Å²) >= 11 is 1.17. The lowest BCUT2D eigenvalue weighted by atomic mass is 10.2. The van der Waals surface area contributed by atoms with E-state index in [1.165, 1.54) is 18.4 Å². The van der Waals surface area contributed by atoms with Crippen molar-refractivity contribution in [3.8, 4) is 5.75 Å². The van der Waals surface area contributed by atoms with Gasteiger partial charge in [-0.25, -0.2) is 9.78 Å². The van der Waals surface area contributed by atoms with Gasteiger partial charge in [0.25, 0.3) is 5.91 Å². The molecular weight excluding hydrogens is 376 g/mol. The molecule has 2 aromatic carbocycles. The zero-order valence-corrected chi connectivity index (χ0v) is 16.5. The minimum absolute atomic E-state index is 0.208. The van der Waals surface area contributed by atoms with Crippen LogP contribution in [0.2, 0.25) is 0 Å². The number of hydrogen-bond donors (Lipinski definition) is 3. The third-order valence-electron chi connectivity index (χ3n) is 3.84. The predicted octanol–water partition coefficient (Wildman–Crippen LogP) is 4.66. The molecule has 0 radical (unpaired) electrons. The van der Waals surface area contributed by atoms with E-state index in [0.717, 1.165) is 11.1 Å². The molecule has 3 aromatic rings. The maximum absolute atomic E-state index is 12.5. The van der Waals surface area contributed by atoms with Gasteiger partial charge in [-0.1, -0.05) is 18.2 Å². The number of carbonyl (C=O) groups is 2. The standard InChI is InChI=1S/C20H20N4O3S/c1-12-5-4-6-14(9-12)21-19(26)24-20-23-16(11-28-20)18(25)22-15-10-13(2)7-8-17(15)27-3/h4-11H,1-3H3,(H,22,25)(H2,21,23,24,26). The number of anilines is 3. The summed E-state index contributed by atoms with van der Waals surface area (Å²) in [4.78, 5) is 28.8. The van der Waals surface area contributed by atoms with E-state index in [1.54, 1.807) is 17.5 Å². The Balaban J connectivity index is 1.64. The number of thiazole rings is 1. The summed E-state index contributed by atoms with van der Waals surface area (Å²) in [6.07, 6.45) is 0. The Hall–Kier alpha value is -3.39. The number of amides is 3. The molecule has 28 heavy (non-hydrogen) atoms. The SMILES string of the molecule is COc1ccc(C)cc1NC(=O)c1csc(NC(=O)Nc2cccc(C)c2)n1. The van der Waals surface area contributed by atoms with Crippen molar-refractivity contribution in [2.75, 3.05) is 23.1 Å². The molecule has 3 N–H and O–H groups in total. The largest absolute Gasteiger partial charge is 0.495 e. The number of benzene rings is 2. The Bertz CT molecular complexity index is 1020. The van der Waals surface area contributed by atoms with Crippen molar-refractivity contribution < 1.29 is 14.3 Å². The number of carbonyl (C=O) groups excluding carboxylic acids is 2. The number of rotatable bonds is 5. The summed E-state index contributed by atoms with van der Waals surface area (Å²) < 4.78 is 5.26. The van der Waals surface area contributed by atoms with Crippen molar-refractivity contribution in [1.29, 1.82) is 0 Å². The summed E-state index contributed by atoms with van der Waals surface area (Å²) in [5.74, 6) is 0.178. The minimum Gasteiger partial charge on any atom is -0.495 e. The molecule has 0 saturated heterocycles. The highest BCUT2D eigenvalue weighted by Crippen LogP contribution is 2.26. The molecule has 0 fully saturated rings. The van der Waals surface area contributed by atoms with E-state index in [2.05, 4.69) is 20.9 Å². The van der Waals surface area contributed by atoms with Crippen LogP contribution in [0.15, 0.2) is 47.8 Å². The van der Waals surface area contributed by atoms with E-state index >= 15 is 0 Å². The molecule has 1 aromatic heterocycles. The third kappa shape index (κ3) is 4.86. The average molecular weight is 396 g/mol. The second-order valence-corrected chi connectivity index (χ2v) is 7.00. The Morgan fingerprint density at radius 2 is 1.79 bits per heavy atom. The number of methoxy groups -OCH3 is 1. The maximum atomic E-state index is 12.5. The molecule has 0 bridgehead atoms. The highest BCUT2D eigenvalue weighted by atomic mass is 32.1. The zero-order valence-electron chi connectivity index (χ0n) is 15.7. The van der Waals surface area contributed by atoms with Crippen LogP contribution in [0.3, 0.4) is 0 Å². The van der Waals surface area contributed by atoms with Crippen molar-refractivity contribution in [2.45, 2.75) is 13.8 Å². The topological polar surface area (TPSA) is 92.4 Å². The van der Waals surface area contributed by atoms with Gasteiger partial charge in [0.1, 0.15) is 11.4 Å². The second-order valence-electron chi connectivity index (χ2n) is 6.14. The molecule has 8 heteroatoms. The van der Waals surface area contributed by atoms with Gasteiger partial charge in [-0.05, 0) is 49.2 Å². The van der Waals surface area contributed by atoms with Gasteiger partial charge in [0.05, 0.1) is 12.8 Å². The average Bonchev–Trinajstić information content (AvgIpc) is 3.10. The first-order valence-corrected chi connectivity index (χ1v) is 9.39. The minimum atomic E-state index is -0.424. The van der Waals surface area contributed by atoms with Crippen molar-refractivity contribution in [3.63, 3.8) is 0 Å². The number of aryl methyl sites for hydroxylation is 2. The van der Waals surface area contributed by atoms with Gasteiger partial charge >= 0.3 is 6.03 Å². The van der Waals surface area contributed by atoms with Crippen LogP contribution in [0, 0.1) is 13.8 Å². The fourth-order valence-corrected chi connectivity index (χ4v) is 3.21. The zero-order chi connectivity index (χ0) is 20.1. The maximum Gasteiger partial charge on any atom is 0.325 e. The number of nitrogens with one attached hydrogen (secondary N) is 3. The first kappa shape index (κ1) is 19.4. The van der Waals surface area contributed by atoms with Gasteiger partial charge in [0.15, 0.2) is 5.13 Å². The van der Waals surface area contributed by atoms with Crippen LogP contribution < -0.4 is 20.7 Å². The summed E-state index contributed by atoms with van der Waals surface area (Å²) in [7, 11) is 1.54. The molecule has 0 aliphatic rings. The van der Waals surface area contributed by atoms with Crippen LogP contribution in [0.4, 0.5) is 21.3 Å². The second kappa shape index (κ2) is 8.53. The van der Waals surface area contributed by atoms with Crippen LogP contribution in [-0.4, -0.2) is 24.0 Å². The molecule has 0 unspecified atom stereocenters. The first-order chi connectivity index (χ1) is 13.4. The van der Waals surface area contributed by atoms with E-state index in [-0.39, 0.29) is 11.6 Å². The highest BCUT2D eigenvalue weighted by Gasteiger charge is 2.15. The van der Waals surface area contributed by atoms with Crippen molar-refractivity contribution in [1.82, 2.24) is 4.98 Å². The summed E-state index contributed by atoms with van der Waals surface area (Å²) in [5, 5.41) is 10.1. The highest BCUT2D eigenvalue weighted by molar-refractivity contribution is 7.14. The van der Waals surface area contributed by atoms with Gasteiger partial charge in [0, 0.05) is 11.1 Å². The molecule has 144 valence electrons. The normalized spacial score (nSPS) is 10.2. The van der Waals surface area contributed by atoms with Crippen LogP contribution in [0.1, 0.15) is 21.6 Å². The number of nitrogens with zero attached hydrogens (tertiary/aromatic N) is 1. The van der Waals surface area contributed by atoms with Crippen LogP contribution in [0.25, 0.3) is 0 Å². The quantitative estimate of drug-likeness (QED) is 0.585. The smallest absolute Gasteiger partial charge is 0.325 e. The van der Waals surface area contributed by atoms with E-state index in [1.807, 2.05) is 44.2 Å². The van der Waals surface area contributed by atoms with Gasteiger partial charge in [0.2, 0.25) is 0 Å². The first-order valence-electron chi connectivity index (χ1n) is 8.51. The number of aromatic nitrogens is 1. The number of urea groups is 1. The fourth-order valence-electron chi connectivity index (χ4n) is 2.52. The Morgan fingerprint density at radius 1 is 1.00 bits per heavy atom. The lowest BCUT2D eigenvalue weighted by Gasteiger charge is -2.10. The summed E-state index contributed by atoms with van der Waals surface area (Å²) in [6.45, 7) is 3.87. The lowest BCUT2D eigenvalue weighted by Crippen LogP contribution is -2.19. The summed E-state index contributed by atoms with van der Waals surface area (Å²) in [5.41, 5.74) is 3.48. The molecular formula is C20H20N4O3S. The summed E-state index contributed by atoms with van der Waals surface area (Å²) in [6, 6.07) is 12.5. The molecule has 3 amide bonds. The van der Waals surface area contributed by atoms with Crippen molar-refractivity contribution >= 4 is 39.8 Å². The molecule has 0 aliphatic heterocycles. The third-order valence-corrected chi connectivity index (χ3v) is 4.59. The van der Waals surface area contributed by atoms with Gasteiger partial charge in [-0.2, -0.15) is 0 Å². The molecule has 1 heterocycles.